The molecule has 5 atom stereocenters. The predicted molar refractivity (Wildman–Crippen MR) is 97.6 cm³/mol. The standard InChI is InChI=1S/C22H27NO/c1-2-6-15(5-1)17-9-11-19-21(13-17)24-22-14-18(10-12-20(22)23-19)16-7-3-4-8-16/h1,5,9-16,19-23H,2-4,6-8H2. The van der Waals surface area contributed by atoms with Gasteiger partial charge in [-0.15, -0.1) is 0 Å². The first-order valence-electron chi connectivity index (χ1n) is 9.75. The molecule has 1 heterocycles. The second-order valence-corrected chi connectivity index (χ2v) is 7.93. The van der Waals surface area contributed by atoms with E-state index in [1.807, 2.05) is 0 Å². The maximum atomic E-state index is 6.53. The van der Waals surface area contributed by atoms with E-state index < -0.39 is 0 Å². The molecule has 1 N–H and O–H groups in total. The highest BCUT2D eigenvalue weighted by Crippen LogP contribution is 2.36. The molecule has 0 amide bonds. The highest BCUT2D eigenvalue weighted by atomic mass is 16.5. The van der Waals surface area contributed by atoms with Crippen molar-refractivity contribution in [2.45, 2.75) is 62.8 Å². The summed E-state index contributed by atoms with van der Waals surface area (Å²) in [5.74, 6) is 1.36. The molecule has 5 unspecified atom stereocenters. The van der Waals surface area contributed by atoms with Crippen LogP contribution in [0.5, 0.6) is 0 Å². The van der Waals surface area contributed by atoms with Gasteiger partial charge >= 0.3 is 0 Å². The van der Waals surface area contributed by atoms with Gasteiger partial charge in [-0.25, -0.2) is 0 Å². The van der Waals surface area contributed by atoms with Crippen molar-refractivity contribution in [1.29, 1.82) is 0 Å². The first-order chi connectivity index (χ1) is 11.9. The van der Waals surface area contributed by atoms with E-state index in [4.69, 9.17) is 4.74 Å². The summed E-state index contributed by atoms with van der Waals surface area (Å²) in [5.41, 5.74) is 2.96. The van der Waals surface area contributed by atoms with Crippen LogP contribution in [0.25, 0.3) is 0 Å². The van der Waals surface area contributed by atoms with Crippen LogP contribution >= 0.6 is 0 Å². The summed E-state index contributed by atoms with van der Waals surface area (Å²) in [6.45, 7) is 0. The number of ether oxygens (including phenoxy) is 1. The zero-order chi connectivity index (χ0) is 15.9. The molecule has 0 bridgehead atoms. The molecule has 2 heteroatoms. The van der Waals surface area contributed by atoms with Crippen molar-refractivity contribution < 1.29 is 4.74 Å². The Labute approximate surface area is 145 Å². The third-order valence-corrected chi connectivity index (χ3v) is 6.38. The molecule has 5 aliphatic rings. The lowest BCUT2D eigenvalue weighted by atomic mass is 9.86. The Bertz CT molecular complexity index is 647. The number of rotatable bonds is 2. The van der Waals surface area contributed by atoms with Gasteiger partial charge in [0.05, 0.1) is 24.3 Å². The van der Waals surface area contributed by atoms with Crippen LogP contribution in [0, 0.1) is 11.8 Å². The Kier molecular flexibility index (Phi) is 3.83. The smallest absolute Gasteiger partial charge is 0.0959 e. The molecular weight excluding hydrogens is 294 g/mol. The van der Waals surface area contributed by atoms with Gasteiger partial charge in [-0.2, -0.15) is 0 Å². The maximum absolute atomic E-state index is 6.53. The lowest BCUT2D eigenvalue weighted by molar-refractivity contribution is -0.0227. The Morgan fingerprint density at radius 1 is 0.833 bits per heavy atom. The molecule has 4 aliphatic carbocycles. The summed E-state index contributed by atoms with van der Waals surface area (Å²) < 4.78 is 6.53. The second kappa shape index (κ2) is 6.16. The van der Waals surface area contributed by atoms with Crippen molar-refractivity contribution in [3.8, 4) is 0 Å². The summed E-state index contributed by atoms with van der Waals surface area (Å²) >= 11 is 0. The number of hydrogen-bond donors (Lipinski definition) is 1. The van der Waals surface area contributed by atoms with E-state index in [2.05, 4.69) is 53.9 Å². The Hall–Kier alpha value is -1.38. The zero-order valence-electron chi connectivity index (χ0n) is 14.2. The van der Waals surface area contributed by atoms with Crippen molar-refractivity contribution in [1.82, 2.24) is 5.32 Å². The highest BCUT2D eigenvalue weighted by molar-refractivity contribution is 5.37. The van der Waals surface area contributed by atoms with E-state index in [0.717, 1.165) is 5.92 Å². The fourth-order valence-corrected chi connectivity index (χ4v) is 4.99. The fraction of sp³-hybridized carbons (Fsp3) is 0.545. The predicted octanol–water partition coefficient (Wildman–Crippen LogP) is 4.23. The largest absolute Gasteiger partial charge is 0.363 e. The van der Waals surface area contributed by atoms with E-state index in [1.54, 1.807) is 0 Å². The van der Waals surface area contributed by atoms with E-state index in [0.29, 0.717) is 18.0 Å². The van der Waals surface area contributed by atoms with Crippen LogP contribution in [0.1, 0.15) is 38.5 Å². The third kappa shape index (κ3) is 2.66. The lowest BCUT2D eigenvalue weighted by Crippen LogP contribution is -2.57. The molecule has 24 heavy (non-hydrogen) atoms. The summed E-state index contributed by atoms with van der Waals surface area (Å²) in [5, 5.41) is 3.77. The average Bonchev–Trinajstić information content (AvgIpc) is 3.32. The molecule has 1 aliphatic heterocycles. The Balaban J connectivity index is 1.34. The Morgan fingerprint density at radius 3 is 2.25 bits per heavy atom. The fourth-order valence-electron chi connectivity index (χ4n) is 4.99. The molecule has 0 aromatic heterocycles. The number of fused-ring (bicyclic) bond motifs is 2. The minimum absolute atomic E-state index is 0.174. The van der Waals surface area contributed by atoms with Crippen molar-refractivity contribution in [2.24, 2.45) is 11.8 Å². The molecule has 0 aromatic carbocycles. The quantitative estimate of drug-likeness (QED) is 0.769. The summed E-state index contributed by atoms with van der Waals surface area (Å²) in [7, 11) is 0. The molecule has 1 saturated carbocycles. The van der Waals surface area contributed by atoms with Crippen molar-refractivity contribution >= 4 is 0 Å². The molecule has 2 nitrogen and oxygen atoms in total. The molecular formula is C22H27NO. The van der Waals surface area contributed by atoms with Gasteiger partial charge in [0, 0.05) is 5.92 Å². The van der Waals surface area contributed by atoms with Crippen LogP contribution in [0.3, 0.4) is 0 Å². The van der Waals surface area contributed by atoms with Gasteiger partial charge in [-0.1, -0.05) is 61.4 Å². The number of allylic oxidation sites excluding steroid dienone is 6. The monoisotopic (exact) mass is 321 g/mol. The van der Waals surface area contributed by atoms with Crippen LogP contribution in [0.2, 0.25) is 0 Å². The van der Waals surface area contributed by atoms with Crippen LogP contribution in [0.15, 0.2) is 59.8 Å². The molecule has 1 saturated heterocycles. The summed E-state index contributed by atoms with van der Waals surface area (Å²) in [6, 6.07) is 0.633. The van der Waals surface area contributed by atoms with Crippen LogP contribution < -0.4 is 5.32 Å². The normalized spacial score (nSPS) is 41.1. The van der Waals surface area contributed by atoms with Crippen molar-refractivity contribution in [3.63, 3.8) is 0 Å². The van der Waals surface area contributed by atoms with E-state index in [1.165, 1.54) is 49.7 Å². The van der Waals surface area contributed by atoms with Crippen LogP contribution in [-0.4, -0.2) is 24.3 Å². The van der Waals surface area contributed by atoms with Gasteiger partial charge in [0.15, 0.2) is 0 Å². The minimum atomic E-state index is 0.174. The van der Waals surface area contributed by atoms with Gasteiger partial charge < -0.3 is 4.74 Å². The van der Waals surface area contributed by atoms with Crippen LogP contribution in [0.4, 0.5) is 0 Å². The topological polar surface area (TPSA) is 21.3 Å². The molecule has 2 fully saturated rings. The zero-order valence-corrected chi connectivity index (χ0v) is 14.2. The lowest BCUT2D eigenvalue weighted by Gasteiger charge is -2.42. The highest BCUT2D eigenvalue weighted by Gasteiger charge is 2.37. The summed E-state index contributed by atoms with van der Waals surface area (Å²) in [6.07, 6.45) is 27.1. The van der Waals surface area contributed by atoms with Gasteiger partial charge in [-0.05, 0) is 42.7 Å². The number of hydrogen-bond acceptors (Lipinski definition) is 2. The molecule has 126 valence electrons. The number of morpholine rings is 1. The van der Waals surface area contributed by atoms with E-state index >= 15 is 0 Å². The maximum Gasteiger partial charge on any atom is 0.0959 e. The minimum Gasteiger partial charge on any atom is -0.363 e. The van der Waals surface area contributed by atoms with Crippen molar-refractivity contribution in [2.75, 3.05) is 0 Å². The number of nitrogens with one attached hydrogen (secondary N) is 1. The third-order valence-electron chi connectivity index (χ3n) is 6.38. The van der Waals surface area contributed by atoms with Gasteiger partial charge in [0.25, 0.3) is 0 Å². The first-order valence-corrected chi connectivity index (χ1v) is 9.75. The van der Waals surface area contributed by atoms with Gasteiger partial charge in [0.1, 0.15) is 0 Å². The van der Waals surface area contributed by atoms with E-state index in [-0.39, 0.29) is 12.2 Å². The average molecular weight is 321 g/mol. The molecule has 0 radical (unpaired) electrons. The molecule has 0 spiro atoms. The van der Waals surface area contributed by atoms with Gasteiger partial charge in [-0.3, -0.25) is 5.32 Å². The SMILES string of the molecule is C1=CC(C2=CC3OC4C=C(C5CCCC5)C=CC4NC3C=C2)CC1. The molecule has 0 aromatic rings. The molecule has 5 rings (SSSR count). The Morgan fingerprint density at radius 2 is 1.54 bits per heavy atom. The summed E-state index contributed by atoms with van der Waals surface area (Å²) in [4.78, 5) is 0. The van der Waals surface area contributed by atoms with Crippen LogP contribution in [-0.2, 0) is 4.74 Å². The van der Waals surface area contributed by atoms with Gasteiger partial charge in [0.2, 0.25) is 0 Å². The van der Waals surface area contributed by atoms with Crippen molar-refractivity contribution in [3.05, 3.63) is 59.8 Å². The van der Waals surface area contributed by atoms with E-state index in [9.17, 15) is 0 Å². The second-order valence-electron chi connectivity index (χ2n) is 7.93. The first kappa shape index (κ1) is 14.9.